The quantitative estimate of drug-likeness (QED) is 0.438. The number of benzene rings is 2. The molecule has 0 amide bonds. The van der Waals surface area contributed by atoms with Gasteiger partial charge in [-0.1, -0.05) is 61.6 Å². The highest BCUT2D eigenvalue weighted by molar-refractivity contribution is 5.86. The summed E-state index contributed by atoms with van der Waals surface area (Å²) in [6, 6.07) is 17.6. The van der Waals surface area contributed by atoms with Gasteiger partial charge in [0, 0.05) is 47.8 Å². The summed E-state index contributed by atoms with van der Waals surface area (Å²) in [6.45, 7) is 2.23. The van der Waals surface area contributed by atoms with Crippen molar-refractivity contribution in [3.05, 3.63) is 109 Å². The van der Waals surface area contributed by atoms with Crippen LogP contribution in [-0.4, -0.2) is 17.2 Å². The SMILES string of the molecule is CCC1C=CN=C/C1=C/CC1=CCC(Nc2ccc(-c3ccc4ccncc4c3)cc2)C=C1. The number of hydrogen-bond acceptors (Lipinski definition) is 3. The van der Waals surface area contributed by atoms with Gasteiger partial charge in [0.15, 0.2) is 0 Å². The van der Waals surface area contributed by atoms with E-state index in [9.17, 15) is 0 Å². The molecule has 2 atom stereocenters. The molecule has 1 aliphatic heterocycles. The zero-order chi connectivity index (χ0) is 22.5. The fourth-order valence-corrected chi connectivity index (χ4v) is 4.46. The number of pyridine rings is 1. The molecule has 2 aliphatic rings. The Bertz CT molecular complexity index is 1280. The van der Waals surface area contributed by atoms with Crippen molar-refractivity contribution in [1.82, 2.24) is 4.98 Å². The first-order chi connectivity index (χ1) is 16.3. The van der Waals surface area contributed by atoms with Crippen molar-refractivity contribution < 1.29 is 0 Å². The lowest BCUT2D eigenvalue weighted by Crippen LogP contribution is -2.17. The predicted molar refractivity (Wildman–Crippen MR) is 141 cm³/mol. The second-order valence-electron chi connectivity index (χ2n) is 8.68. The number of nitrogens with one attached hydrogen (secondary N) is 1. The number of nitrogens with zero attached hydrogens (tertiary/aromatic N) is 2. The summed E-state index contributed by atoms with van der Waals surface area (Å²) in [4.78, 5) is 8.54. The average molecular weight is 432 g/mol. The molecule has 1 N–H and O–H groups in total. The van der Waals surface area contributed by atoms with Crippen molar-refractivity contribution in [2.24, 2.45) is 10.9 Å². The van der Waals surface area contributed by atoms with E-state index in [4.69, 9.17) is 0 Å². The average Bonchev–Trinajstić information content (AvgIpc) is 2.88. The number of aromatic nitrogens is 1. The Hall–Kier alpha value is -3.72. The predicted octanol–water partition coefficient (Wildman–Crippen LogP) is 7.51. The summed E-state index contributed by atoms with van der Waals surface area (Å²) >= 11 is 0. The Balaban J connectivity index is 1.19. The van der Waals surface area contributed by atoms with Gasteiger partial charge in [0.25, 0.3) is 0 Å². The van der Waals surface area contributed by atoms with Crippen LogP contribution in [0.5, 0.6) is 0 Å². The zero-order valence-corrected chi connectivity index (χ0v) is 19.0. The van der Waals surface area contributed by atoms with Gasteiger partial charge >= 0.3 is 0 Å². The van der Waals surface area contributed by atoms with Crippen LogP contribution >= 0.6 is 0 Å². The molecule has 164 valence electrons. The normalized spacial score (nSPS) is 20.9. The summed E-state index contributed by atoms with van der Waals surface area (Å²) in [5, 5.41) is 6.03. The molecule has 0 spiro atoms. The van der Waals surface area contributed by atoms with Crippen molar-refractivity contribution >= 4 is 22.7 Å². The molecule has 0 saturated heterocycles. The summed E-state index contributed by atoms with van der Waals surface area (Å²) in [7, 11) is 0. The Morgan fingerprint density at radius 3 is 2.70 bits per heavy atom. The van der Waals surface area contributed by atoms with E-state index < -0.39 is 0 Å². The van der Waals surface area contributed by atoms with Crippen LogP contribution in [0.4, 0.5) is 5.69 Å². The van der Waals surface area contributed by atoms with E-state index in [1.54, 1.807) is 0 Å². The minimum absolute atomic E-state index is 0.321. The van der Waals surface area contributed by atoms with Gasteiger partial charge in [-0.15, -0.1) is 0 Å². The molecule has 33 heavy (non-hydrogen) atoms. The maximum atomic E-state index is 4.29. The van der Waals surface area contributed by atoms with Gasteiger partial charge in [-0.3, -0.25) is 9.98 Å². The third kappa shape index (κ3) is 5.04. The maximum Gasteiger partial charge on any atom is 0.0482 e. The Labute approximate surface area is 196 Å². The molecule has 0 radical (unpaired) electrons. The first-order valence-electron chi connectivity index (χ1n) is 11.8. The van der Waals surface area contributed by atoms with Crippen LogP contribution in [0, 0.1) is 5.92 Å². The lowest BCUT2D eigenvalue weighted by atomic mass is 9.93. The van der Waals surface area contributed by atoms with Gasteiger partial charge in [0.1, 0.15) is 0 Å². The van der Waals surface area contributed by atoms with Crippen molar-refractivity contribution in [2.75, 3.05) is 5.32 Å². The monoisotopic (exact) mass is 431 g/mol. The molecule has 3 nitrogen and oxygen atoms in total. The number of aliphatic imine (C=N–C) groups is 1. The number of anilines is 1. The molecule has 1 aromatic heterocycles. The van der Waals surface area contributed by atoms with E-state index in [0.717, 1.165) is 24.9 Å². The smallest absolute Gasteiger partial charge is 0.0482 e. The molecular formula is C30H29N3. The molecule has 3 heteroatoms. The fourth-order valence-electron chi connectivity index (χ4n) is 4.46. The molecular weight excluding hydrogens is 402 g/mol. The highest BCUT2D eigenvalue weighted by Crippen LogP contribution is 2.27. The molecule has 2 aromatic carbocycles. The standard InChI is InChI=1S/C30H29N3/c1-2-23-15-17-31-20-27(23)6-3-22-4-11-29(12-5-22)33-30-13-9-24(10-14-30)26-8-7-25-16-18-32-21-28(25)19-26/h4-11,13-21,23,29,33H,2-3,12H2,1H3/b27-6-. The highest BCUT2D eigenvalue weighted by Gasteiger charge is 2.11. The lowest BCUT2D eigenvalue weighted by Gasteiger charge is -2.19. The summed E-state index contributed by atoms with van der Waals surface area (Å²) < 4.78 is 0. The van der Waals surface area contributed by atoms with Crippen molar-refractivity contribution in [3.8, 4) is 11.1 Å². The largest absolute Gasteiger partial charge is 0.379 e. The second kappa shape index (κ2) is 9.83. The molecule has 5 rings (SSSR count). The molecule has 0 saturated carbocycles. The summed E-state index contributed by atoms with van der Waals surface area (Å²) in [5.41, 5.74) is 6.28. The van der Waals surface area contributed by atoms with Crippen molar-refractivity contribution in [2.45, 2.75) is 32.2 Å². The molecule has 2 heterocycles. The number of allylic oxidation sites excluding steroid dienone is 5. The van der Waals surface area contributed by atoms with E-state index in [0.29, 0.717) is 12.0 Å². The first kappa shape index (κ1) is 21.1. The Morgan fingerprint density at radius 1 is 1.00 bits per heavy atom. The lowest BCUT2D eigenvalue weighted by molar-refractivity contribution is 0.745. The number of rotatable bonds is 6. The van der Waals surface area contributed by atoms with Crippen LogP contribution in [0.2, 0.25) is 0 Å². The Morgan fingerprint density at radius 2 is 1.88 bits per heavy atom. The minimum atomic E-state index is 0.321. The second-order valence-corrected chi connectivity index (χ2v) is 8.68. The van der Waals surface area contributed by atoms with E-state index in [-0.39, 0.29) is 0 Å². The minimum Gasteiger partial charge on any atom is -0.379 e. The number of fused-ring (bicyclic) bond motifs is 1. The third-order valence-corrected chi connectivity index (χ3v) is 6.46. The highest BCUT2D eigenvalue weighted by atomic mass is 14.9. The molecule has 1 aliphatic carbocycles. The molecule has 0 bridgehead atoms. The topological polar surface area (TPSA) is 37.3 Å². The summed E-state index contributed by atoms with van der Waals surface area (Å²) in [6.07, 6.45) is 22.2. The first-order valence-corrected chi connectivity index (χ1v) is 11.8. The van der Waals surface area contributed by atoms with Crippen LogP contribution in [0.3, 0.4) is 0 Å². The van der Waals surface area contributed by atoms with Crippen LogP contribution in [0.15, 0.2) is 114 Å². The number of hydrogen-bond donors (Lipinski definition) is 1. The van der Waals surface area contributed by atoms with Crippen molar-refractivity contribution in [1.29, 1.82) is 0 Å². The van der Waals surface area contributed by atoms with Gasteiger partial charge in [-0.2, -0.15) is 0 Å². The van der Waals surface area contributed by atoms with Crippen LogP contribution in [-0.2, 0) is 0 Å². The van der Waals surface area contributed by atoms with Crippen LogP contribution in [0.1, 0.15) is 26.2 Å². The van der Waals surface area contributed by atoms with Crippen molar-refractivity contribution in [3.63, 3.8) is 0 Å². The van der Waals surface area contributed by atoms with E-state index in [1.165, 1.54) is 33.0 Å². The van der Waals surface area contributed by atoms with Gasteiger partial charge in [-0.05, 0) is 71.2 Å². The van der Waals surface area contributed by atoms with Crippen LogP contribution < -0.4 is 5.32 Å². The van der Waals surface area contributed by atoms with Gasteiger partial charge < -0.3 is 5.32 Å². The summed E-state index contributed by atoms with van der Waals surface area (Å²) in [5.74, 6) is 0.499. The van der Waals surface area contributed by atoms with Gasteiger partial charge in [-0.25, -0.2) is 0 Å². The van der Waals surface area contributed by atoms with E-state index in [2.05, 4.69) is 95.1 Å². The van der Waals surface area contributed by atoms with E-state index in [1.807, 2.05) is 30.9 Å². The van der Waals surface area contributed by atoms with Gasteiger partial charge in [0.05, 0.1) is 0 Å². The van der Waals surface area contributed by atoms with Gasteiger partial charge in [0.2, 0.25) is 0 Å². The molecule has 0 fully saturated rings. The molecule has 2 unspecified atom stereocenters. The fraction of sp³-hybridized carbons (Fsp3) is 0.200. The molecule has 3 aromatic rings. The zero-order valence-electron chi connectivity index (χ0n) is 19.0. The Kier molecular flexibility index (Phi) is 6.30. The van der Waals surface area contributed by atoms with Crippen LogP contribution in [0.25, 0.3) is 21.9 Å². The maximum absolute atomic E-state index is 4.29. The third-order valence-electron chi connectivity index (χ3n) is 6.46. The van der Waals surface area contributed by atoms with E-state index >= 15 is 0 Å².